The number of halogens is 1. The molecule has 92 valence electrons. The fraction of sp³-hybridized carbons (Fsp3) is 0.231. The second-order valence-corrected chi connectivity index (χ2v) is 5.14. The van der Waals surface area contributed by atoms with Crippen LogP contribution in [0.1, 0.15) is 17.6 Å². The molecule has 3 rings (SSSR count). The van der Waals surface area contributed by atoms with Gasteiger partial charge < -0.3 is 0 Å². The second kappa shape index (κ2) is 4.17. The van der Waals surface area contributed by atoms with Crippen LogP contribution < -0.4 is 0 Å². The molecule has 18 heavy (non-hydrogen) atoms. The monoisotopic (exact) mass is 261 g/mol. The van der Waals surface area contributed by atoms with E-state index in [1.807, 2.05) is 17.5 Å². The van der Waals surface area contributed by atoms with Crippen molar-refractivity contribution in [1.29, 1.82) is 0 Å². The largest absolute Gasteiger partial charge is 0.222 e. The highest BCUT2D eigenvalue weighted by Gasteiger charge is 2.15. The normalized spacial score (nSPS) is 11.3. The number of nitrogens with zero attached hydrogens (tertiary/aromatic N) is 3. The molecule has 0 spiro atoms. The smallest absolute Gasteiger partial charge is 0.212 e. The molecule has 0 aliphatic heterocycles. The summed E-state index contributed by atoms with van der Waals surface area (Å²) >= 11 is 1.58. The van der Waals surface area contributed by atoms with Crippen molar-refractivity contribution in [2.75, 3.05) is 0 Å². The van der Waals surface area contributed by atoms with Gasteiger partial charge in [-0.2, -0.15) is 5.10 Å². The minimum atomic E-state index is -0.243. The number of aryl methyl sites for hydroxylation is 2. The molecule has 0 saturated heterocycles. The minimum Gasteiger partial charge on any atom is -0.222 e. The Labute approximate surface area is 108 Å². The summed E-state index contributed by atoms with van der Waals surface area (Å²) in [5.41, 5.74) is 2.57. The van der Waals surface area contributed by atoms with E-state index in [-0.39, 0.29) is 5.82 Å². The predicted octanol–water partition coefficient (Wildman–Crippen LogP) is 3.47. The Morgan fingerprint density at radius 3 is 2.94 bits per heavy atom. The van der Waals surface area contributed by atoms with Gasteiger partial charge in [-0.05, 0) is 25.5 Å². The minimum absolute atomic E-state index is 0.243. The standard InChI is InChI=1S/C13H12FN3S/c1-3-11-16-17-12(8(2)15-13(17)18-11)9-5-4-6-10(14)7-9/h4-7H,3H2,1-2H3. The van der Waals surface area contributed by atoms with Crippen LogP contribution in [0.15, 0.2) is 24.3 Å². The average Bonchev–Trinajstić information content (AvgIpc) is 2.84. The molecule has 1 aromatic carbocycles. The highest BCUT2D eigenvalue weighted by atomic mass is 32.1. The first-order chi connectivity index (χ1) is 8.69. The highest BCUT2D eigenvalue weighted by molar-refractivity contribution is 7.16. The van der Waals surface area contributed by atoms with Crippen LogP contribution in [0.4, 0.5) is 4.39 Å². The van der Waals surface area contributed by atoms with E-state index in [9.17, 15) is 4.39 Å². The van der Waals surface area contributed by atoms with Crippen molar-refractivity contribution in [2.24, 2.45) is 0 Å². The van der Waals surface area contributed by atoms with Crippen LogP contribution in [0.25, 0.3) is 16.2 Å². The Morgan fingerprint density at radius 1 is 1.39 bits per heavy atom. The molecule has 0 radical (unpaired) electrons. The number of fused-ring (bicyclic) bond motifs is 1. The molecule has 0 saturated carbocycles. The van der Waals surface area contributed by atoms with Gasteiger partial charge in [0.05, 0.1) is 11.4 Å². The lowest BCUT2D eigenvalue weighted by atomic mass is 10.1. The summed E-state index contributed by atoms with van der Waals surface area (Å²) in [6.45, 7) is 3.99. The molecule has 0 amide bonds. The molecule has 0 aliphatic rings. The molecule has 2 aromatic heterocycles. The topological polar surface area (TPSA) is 30.2 Å². The highest BCUT2D eigenvalue weighted by Crippen LogP contribution is 2.27. The van der Waals surface area contributed by atoms with Crippen molar-refractivity contribution in [2.45, 2.75) is 20.3 Å². The third kappa shape index (κ3) is 1.71. The van der Waals surface area contributed by atoms with Crippen molar-refractivity contribution in [3.05, 3.63) is 40.8 Å². The maximum absolute atomic E-state index is 13.3. The van der Waals surface area contributed by atoms with Crippen molar-refractivity contribution in [3.8, 4) is 11.3 Å². The Kier molecular flexibility index (Phi) is 2.63. The zero-order valence-corrected chi connectivity index (χ0v) is 11.0. The van der Waals surface area contributed by atoms with Crippen LogP contribution >= 0.6 is 11.3 Å². The third-order valence-corrected chi connectivity index (χ3v) is 3.87. The molecule has 5 heteroatoms. The van der Waals surface area contributed by atoms with Crippen LogP contribution in [-0.2, 0) is 6.42 Å². The average molecular weight is 261 g/mol. The fourth-order valence-electron chi connectivity index (χ4n) is 2.00. The summed E-state index contributed by atoms with van der Waals surface area (Å²) in [4.78, 5) is 5.35. The number of hydrogen-bond acceptors (Lipinski definition) is 3. The van der Waals surface area contributed by atoms with E-state index >= 15 is 0 Å². The first-order valence-electron chi connectivity index (χ1n) is 5.80. The van der Waals surface area contributed by atoms with Crippen molar-refractivity contribution < 1.29 is 4.39 Å². The molecule has 0 N–H and O–H groups in total. The molecule has 0 unspecified atom stereocenters. The molecular formula is C13H12FN3S. The lowest BCUT2D eigenvalue weighted by molar-refractivity contribution is 0.628. The van der Waals surface area contributed by atoms with E-state index in [1.165, 1.54) is 12.1 Å². The van der Waals surface area contributed by atoms with Gasteiger partial charge in [0.15, 0.2) is 0 Å². The van der Waals surface area contributed by atoms with Crippen LogP contribution in [0, 0.1) is 12.7 Å². The predicted molar refractivity (Wildman–Crippen MR) is 70.4 cm³/mol. The zero-order valence-electron chi connectivity index (χ0n) is 10.1. The van der Waals surface area contributed by atoms with Gasteiger partial charge in [-0.1, -0.05) is 30.4 Å². The van der Waals surface area contributed by atoms with Crippen LogP contribution in [-0.4, -0.2) is 14.6 Å². The van der Waals surface area contributed by atoms with Crippen LogP contribution in [0.2, 0.25) is 0 Å². The summed E-state index contributed by atoms with van der Waals surface area (Å²) in [6.07, 6.45) is 0.885. The lowest BCUT2D eigenvalue weighted by Crippen LogP contribution is -1.92. The SMILES string of the molecule is CCc1nn2c(-c3cccc(F)c3)c(C)nc2s1. The van der Waals surface area contributed by atoms with E-state index in [4.69, 9.17) is 0 Å². The Bertz CT molecular complexity index is 714. The lowest BCUT2D eigenvalue weighted by Gasteiger charge is -2.00. The van der Waals surface area contributed by atoms with Gasteiger partial charge in [0.25, 0.3) is 0 Å². The Morgan fingerprint density at radius 2 is 2.22 bits per heavy atom. The maximum Gasteiger partial charge on any atom is 0.212 e. The quantitative estimate of drug-likeness (QED) is 0.707. The number of imidazole rings is 1. The van der Waals surface area contributed by atoms with Gasteiger partial charge in [-0.15, -0.1) is 0 Å². The van der Waals surface area contributed by atoms with Gasteiger partial charge in [-0.3, -0.25) is 0 Å². The molecular weight excluding hydrogens is 249 g/mol. The zero-order chi connectivity index (χ0) is 12.7. The van der Waals surface area contributed by atoms with Gasteiger partial charge in [-0.25, -0.2) is 13.9 Å². The van der Waals surface area contributed by atoms with E-state index in [0.29, 0.717) is 0 Å². The van der Waals surface area contributed by atoms with E-state index in [0.717, 1.165) is 33.3 Å². The van der Waals surface area contributed by atoms with Gasteiger partial charge in [0.1, 0.15) is 10.8 Å². The Hall–Kier alpha value is -1.75. The molecule has 0 fully saturated rings. The number of benzene rings is 1. The maximum atomic E-state index is 13.3. The van der Waals surface area contributed by atoms with Crippen LogP contribution in [0.5, 0.6) is 0 Å². The van der Waals surface area contributed by atoms with E-state index in [2.05, 4.69) is 17.0 Å². The van der Waals surface area contributed by atoms with Gasteiger partial charge >= 0.3 is 0 Å². The number of aromatic nitrogens is 3. The molecule has 0 bridgehead atoms. The van der Waals surface area contributed by atoms with E-state index in [1.54, 1.807) is 17.4 Å². The van der Waals surface area contributed by atoms with Crippen molar-refractivity contribution >= 4 is 16.3 Å². The van der Waals surface area contributed by atoms with Crippen molar-refractivity contribution in [1.82, 2.24) is 14.6 Å². The summed E-state index contributed by atoms with van der Waals surface area (Å²) < 4.78 is 15.1. The number of rotatable bonds is 2. The number of hydrogen-bond donors (Lipinski definition) is 0. The summed E-state index contributed by atoms with van der Waals surface area (Å²) in [5.74, 6) is -0.243. The summed E-state index contributed by atoms with van der Waals surface area (Å²) in [6, 6.07) is 6.54. The van der Waals surface area contributed by atoms with Crippen molar-refractivity contribution in [3.63, 3.8) is 0 Å². The van der Waals surface area contributed by atoms with Gasteiger partial charge in [0, 0.05) is 5.56 Å². The Balaban J connectivity index is 2.26. The van der Waals surface area contributed by atoms with E-state index < -0.39 is 0 Å². The first kappa shape index (κ1) is 11.3. The van der Waals surface area contributed by atoms with Gasteiger partial charge in [0.2, 0.25) is 4.96 Å². The fourth-order valence-corrected chi connectivity index (χ4v) is 2.88. The molecule has 0 atom stereocenters. The molecule has 2 heterocycles. The summed E-state index contributed by atoms with van der Waals surface area (Å²) in [5, 5.41) is 5.55. The molecule has 3 nitrogen and oxygen atoms in total. The van der Waals surface area contributed by atoms with Crippen LogP contribution in [0.3, 0.4) is 0 Å². The molecule has 0 aliphatic carbocycles. The third-order valence-electron chi connectivity index (χ3n) is 2.82. The summed E-state index contributed by atoms with van der Waals surface area (Å²) in [7, 11) is 0. The second-order valence-electron chi connectivity index (χ2n) is 4.10. The molecule has 3 aromatic rings. The first-order valence-corrected chi connectivity index (χ1v) is 6.61.